The van der Waals surface area contributed by atoms with Gasteiger partial charge in [0.15, 0.2) is 0 Å². The fourth-order valence-corrected chi connectivity index (χ4v) is 2.27. The highest BCUT2D eigenvalue weighted by molar-refractivity contribution is 5.07. The minimum Gasteiger partial charge on any atom is -0.475 e. The second kappa shape index (κ2) is 9.68. The molecule has 0 radical (unpaired) electrons. The highest BCUT2D eigenvalue weighted by Gasteiger charge is 2.12. The van der Waals surface area contributed by atoms with Gasteiger partial charge in [0.2, 0.25) is 5.88 Å². The zero-order valence-electron chi connectivity index (χ0n) is 14.1. The number of rotatable bonds is 10. The maximum absolute atomic E-state index is 5.68. The Morgan fingerprint density at radius 3 is 2.38 bits per heavy atom. The van der Waals surface area contributed by atoms with Gasteiger partial charge in [-0.3, -0.25) is 9.88 Å². The Bertz CT molecular complexity index is 370. The summed E-state index contributed by atoms with van der Waals surface area (Å²) < 4.78 is 5.68. The molecule has 0 saturated heterocycles. The number of nitrogens with zero attached hydrogens (tertiary/aromatic N) is 3. The lowest BCUT2D eigenvalue weighted by Gasteiger charge is -2.30. The molecule has 1 aromatic heterocycles. The summed E-state index contributed by atoms with van der Waals surface area (Å²) in [4.78, 5) is 11.1. The molecule has 0 aliphatic carbocycles. The van der Waals surface area contributed by atoms with Gasteiger partial charge in [-0.15, -0.1) is 0 Å². The van der Waals surface area contributed by atoms with Crippen LogP contribution < -0.4 is 10.1 Å². The van der Waals surface area contributed by atoms with Crippen molar-refractivity contribution in [1.82, 2.24) is 20.2 Å². The topological polar surface area (TPSA) is 50.3 Å². The molecule has 0 fully saturated rings. The molecule has 5 heteroatoms. The molecule has 1 N–H and O–H groups in total. The second-order valence-electron chi connectivity index (χ2n) is 5.80. The Kier molecular flexibility index (Phi) is 8.23. The maximum atomic E-state index is 5.68. The molecule has 120 valence electrons. The summed E-state index contributed by atoms with van der Waals surface area (Å²) in [6, 6.07) is 1.04. The first-order valence-electron chi connectivity index (χ1n) is 7.94. The first-order chi connectivity index (χ1) is 10.0. The molecule has 0 aliphatic rings. The largest absolute Gasteiger partial charge is 0.475 e. The summed E-state index contributed by atoms with van der Waals surface area (Å²) in [6.07, 6.45) is 4.61. The minimum absolute atomic E-state index is 0.520. The first-order valence-corrected chi connectivity index (χ1v) is 7.94. The summed E-state index contributed by atoms with van der Waals surface area (Å²) in [5.41, 5.74) is 0.946. The molecular formula is C16H30N4O. The third-order valence-corrected chi connectivity index (χ3v) is 3.34. The molecule has 0 bridgehead atoms. The molecule has 1 rings (SSSR count). The van der Waals surface area contributed by atoms with E-state index in [1.54, 1.807) is 12.4 Å². The van der Waals surface area contributed by atoms with E-state index in [-0.39, 0.29) is 0 Å². The van der Waals surface area contributed by atoms with Gasteiger partial charge in [-0.2, -0.15) is 0 Å². The van der Waals surface area contributed by atoms with Crippen molar-refractivity contribution in [2.24, 2.45) is 0 Å². The Morgan fingerprint density at radius 2 is 1.86 bits per heavy atom. The van der Waals surface area contributed by atoms with Gasteiger partial charge in [-0.25, -0.2) is 4.98 Å². The quantitative estimate of drug-likeness (QED) is 0.672. The number of nitrogens with one attached hydrogen (secondary N) is 1. The van der Waals surface area contributed by atoms with Crippen molar-refractivity contribution < 1.29 is 4.74 Å². The van der Waals surface area contributed by atoms with Crippen LogP contribution in [0, 0.1) is 0 Å². The van der Waals surface area contributed by atoms with Crippen molar-refractivity contribution in [3.8, 4) is 5.88 Å². The van der Waals surface area contributed by atoms with Gasteiger partial charge in [0.1, 0.15) is 6.61 Å². The van der Waals surface area contributed by atoms with E-state index in [0.29, 0.717) is 24.6 Å². The van der Waals surface area contributed by atoms with Gasteiger partial charge >= 0.3 is 0 Å². The lowest BCUT2D eigenvalue weighted by Crippen LogP contribution is -2.39. The molecule has 0 spiro atoms. The Hall–Kier alpha value is -1.20. The molecule has 1 heterocycles. The SMILES string of the molecule is CCCNCc1cnc(OCCN(C(C)C)C(C)C)cn1. The first kappa shape index (κ1) is 17.9. The predicted octanol–water partition coefficient (Wildman–Crippen LogP) is 2.47. The van der Waals surface area contributed by atoms with Crippen molar-refractivity contribution in [1.29, 1.82) is 0 Å². The molecule has 0 aliphatic heterocycles. The standard InChI is InChI=1S/C16H30N4O/c1-6-7-17-10-15-11-19-16(12-18-15)21-9-8-20(13(2)3)14(4)5/h11-14,17H,6-10H2,1-5H3. The third kappa shape index (κ3) is 6.87. The lowest BCUT2D eigenvalue weighted by atomic mass is 10.2. The van der Waals surface area contributed by atoms with E-state index in [1.807, 2.05) is 0 Å². The number of hydrogen-bond acceptors (Lipinski definition) is 5. The minimum atomic E-state index is 0.520. The summed E-state index contributed by atoms with van der Waals surface area (Å²) in [6.45, 7) is 14.3. The Balaban J connectivity index is 2.35. The molecule has 21 heavy (non-hydrogen) atoms. The molecule has 1 aromatic rings. The van der Waals surface area contributed by atoms with Crippen LogP contribution in [0.5, 0.6) is 5.88 Å². The third-order valence-electron chi connectivity index (χ3n) is 3.34. The van der Waals surface area contributed by atoms with Crippen molar-refractivity contribution in [3.05, 3.63) is 18.1 Å². The molecular weight excluding hydrogens is 264 g/mol. The average molecular weight is 294 g/mol. The number of hydrogen-bond donors (Lipinski definition) is 1. The molecule has 0 saturated carbocycles. The van der Waals surface area contributed by atoms with Crippen molar-refractivity contribution in [2.75, 3.05) is 19.7 Å². The smallest absolute Gasteiger partial charge is 0.232 e. The predicted molar refractivity (Wildman–Crippen MR) is 86.5 cm³/mol. The average Bonchev–Trinajstić information content (AvgIpc) is 2.44. The lowest BCUT2D eigenvalue weighted by molar-refractivity contribution is 0.140. The van der Waals surface area contributed by atoms with Gasteiger partial charge in [-0.05, 0) is 40.7 Å². The molecule has 0 amide bonds. The normalized spacial score (nSPS) is 11.6. The fourth-order valence-electron chi connectivity index (χ4n) is 2.27. The monoisotopic (exact) mass is 294 g/mol. The van der Waals surface area contributed by atoms with Gasteiger partial charge < -0.3 is 10.1 Å². The van der Waals surface area contributed by atoms with E-state index in [9.17, 15) is 0 Å². The van der Waals surface area contributed by atoms with Crippen LogP contribution in [0.3, 0.4) is 0 Å². The van der Waals surface area contributed by atoms with Crippen LogP contribution in [-0.2, 0) is 6.54 Å². The summed E-state index contributed by atoms with van der Waals surface area (Å²) in [5, 5.41) is 3.30. The van der Waals surface area contributed by atoms with E-state index in [4.69, 9.17) is 4.74 Å². The van der Waals surface area contributed by atoms with Crippen molar-refractivity contribution in [2.45, 2.75) is 59.7 Å². The number of aromatic nitrogens is 2. The van der Waals surface area contributed by atoms with E-state index < -0.39 is 0 Å². The van der Waals surface area contributed by atoms with Crippen LogP contribution in [0.25, 0.3) is 0 Å². The van der Waals surface area contributed by atoms with Crippen LogP contribution in [0.4, 0.5) is 0 Å². The summed E-state index contributed by atoms with van der Waals surface area (Å²) in [5.74, 6) is 0.599. The zero-order valence-corrected chi connectivity index (χ0v) is 14.1. The van der Waals surface area contributed by atoms with Crippen LogP contribution in [0.1, 0.15) is 46.7 Å². The maximum Gasteiger partial charge on any atom is 0.232 e. The van der Waals surface area contributed by atoms with Gasteiger partial charge in [0.05, 0.1) is 18.1 Å². The van der Waals surface area contributed by atoms with E-state index >= 15 is 0 Å². The molecule has 5 nitrogen and oxygen atoms in total. The second-order valence-corrected chi connectivity index (χ2v) is 5.80. The molecule has 0 unspecified atom stereocenters. The fraction of sp³-hybridized carbons (Fsp3) is 0.750. The van der Waals surface area contributed by atoms with E-state index in [2.05, 4.69) is 54.8 Å². The molecule has 0 aromatic carbocycles. The van der Waals surface area contributed by atoms with Gasteiger partial charge in [-0.1, -0.05) is 6.92 Å². The van der Waals surface area contributed by atoms with Gasteiger partial charge in [0.25, 0.3) is 0 Å². The number of ether oxygens (including phenoxy) is 1. The zero-order chi connectivity index (χ0) is 15.7. The Labute approximate surface area is 129 Å². The highest BCUT2D eigenvalue weighted by atomic mass is 16.5. The summed E-state index contributed by atoms with van der Waals surface area (Å²) in [7, 11) is 0. The van der Waals surface area contributed by atoms with E-state index in [0.717, 1.165) is 31.7 Å². The van der Waals surface area contributed by atoms with E-state index in [1.165, 1.54) is 0 Å². The Morgan fingerprint density at radius 1 is 1.14 bits per heavy atom. The van der Waals surface area contributed by atoms with Crippen LogP contribution in [0.2, 0.25) is 0 Å². The van der Waals surface area contributed by atoms with Crippen LogP contribution >= 0.6 is 0 Å². The molecule has 0 atom stereocenters. The van der Waals surface area contributed by atoms with Gasteiger partial charge in [0, 0.05) is 25.2 Å². The van der Waals surface area contributed by atoms with Crippen LogP contribution in [0.15, 0.2) is 12.4 Å². The van der Waals surface area contributed by atoms with Crippen LogP contribution in [-0.4, -0.2) is 46.6 Å². The van der Waals surface area contributed by atoms with Crippen molar-refractivity contribution >= 4 is 0 Å². The highest BCUT2D eigenvalue weighted by Crippen LogP contribution is 2.07. The summed E-state index contributed by atoms with van der Waals surface area (Å²) >= 11 is 0. The van der Waals surface area contributed by atoms with Crippen molar-refractivity contribution in [3.63, 3.8) is 0 Å².